The second kappa shape index (κ2) is 7.84. The second-order valence-corrected chi connectivity index (χ2v) is 6.47. The van der Waals surface area contributed by atoms with E-state index in [1.807, 2.05) is 48.2 Å². The Hall–Kier alpha value is -0.630. The van der Waals surface area contributed by atoms with Crippen molar-refractivity contribution in [3.05, 3.63) is 69.7 Å². The SMILES string of the molecule is Clc1cccc(CCSCCc2cccc(Cl)c2)c1. The van der Waals surface area contributed by atoms with Crippen LogP contribution in [-0.2, 0) is 12.8 Å². The maximum Gasteiger partial charge on any atom is 0.0408 e. The smallest absolute Gasteiger partial charge is 0.0408 e. The van der Waals surface area contributed by atoms with Crippen molar-refractivity contribution in [1.29, 1.82) is 0 Å². The zero-order valence-corrected chi connectivity index (χ0v) is 12.9. The van der Waals surface area contributed by atoms with Gasteiger partial charge in [-0.1, -0.05) is 47.5 Å². The quantitative estimate of drug-likeness (QED) is 0.634. The standard InChI is InChI=1S/C16H16Cl2S/c17-15-5-1-3-13(11-15)7-9-19-10-8-14-4-2-6-16(18)12-14/h1-6,11-12H,7-10H2. The van der Waals surface area contributed by atoms with Crippen molar-refractivity contribution >= 4 is 35.0 Å². The van der Waals surface area contributed by atoms with Crippen molar-refractivity contribution in [2.75, 3.05) is 11.5 Å². The van der Waals surface area contributed by atoms with E-state index in [-0.39, 0.29) is 0 Å². The van der Waals surface area contributed by atoms with Gasteiger partial charge in [-0.25, -0.2) is 0 Å². The van der Waals surface area contributed by atoms with Gasteiger partial charge in [0.15, 0.2) is 0 Å². The molecule has 0 aromatic heterocycles. The highest BCUT2D eigenvalue weighted by molar-refractivity contribution is 7.99. The second-order valence-electron chi connectivity index (χ2n) is 4.37. The third-order valence-electron chi connectivity index (χ3n) is 2.85. The highest BCUT2D eigenvalue weighted by atomic mass is 35.5. The third kappa shape index (κ3) is 5.48. The van der Waals surface area contributed by atoms with Gasteiger partial charge in [-0.05, 0) is 59.7 Å². The van der Waals surface area contributed by atoms with Crippen LogP contribution in [0.15, 0.2) is 48.5 Å². The van der Waals surface area contributed by atoms with Crippen LogP contribution < -0.4 is 0 Å². The number of rotatable bonds is 6. The monoisotopic (exact) mass is 310 g/mol. The van der Waals surface area contributed by atoms with Crippen LogP contribution in [0.4, 0.5) is 0 Å². The lowest BCUT2D eigenvalue weighted by Gasteiger charge is -2.04. The molecule has 0 atom stereocenters. The molecule has 0 fully saturated rings. The van der Waals surface area contributed by atoms with Crippen molar-refractivity contribution in [2.45, 2.75) is 12.8 Å². The van der Waals surface area contributed by atoms with Crippen LogP contribution in [0.25, 0.3) is 0 Å². The van der Waals surface area contributed by atoms with Crippen molar-refractivity contribution in [3.63, 3.8) is 0 Å². The predicted octanol–water partition coefficient (Wildman–Crippen LogP) is 5.51. The van der Waals surface area contributed by atoms with E-state index < -0.39 is 0 Å². The Kier molecular flexibility index (Phi) is 6.09. The van der Waals surface area contributed by atoms with E-state index in [0.717, 1.165) is 34.4 Å². The summed E-state index contributed by atoms with van der Waals surface area (Å²) in [6.07, 6.45) is 2.14. The largest absolute Gasteiger partial charge is 0.161 e. The fourth-order valence-electron chi connectivity index (χ4n) is 1.87. The first-order valence-electron chi connectivity index (χ1n) is 6.31. The number of aryl methyl sites for hydroxylation is 2. The third-order valence-corrected chi connectivity index (χ3v) is 4.30. The molecule has 0 N–H and O–H groups in total. The molecule has 0 saturated carbocycles. The molecule has 0 amide bonds. The highest BCUT2D eigenvalue weighted by Crippen LogP contribution is 2.15. The Morgan fingerprint density at radius 3 is 1.63 bits per heavy atom. The Balaban J connectivity index is 1.67. The van der Waals surface area contributed by atoms with Gasteiger partial charge >= 0.3 is 0 Å². The Morgan fingerprint density at radius 1 is 0.737 bits per heavy atom. The van der Waals surface area contributed by atoms with Crippen LogP contribution in [0, 0.1) is 0 Å². The molecule has 0 spiro atoms. The summed E-state index contributed by atoms with van der Waals surface area (Å²) < 4.78 is 0. The first kappa shape index (κ1) is 14.8. The summed E-state index contributed by atoms with van der Waals surface area (Å²) in [5.41, 5.74) is 2.62. The van der Waals surface area contributed by atoms with Gasteiger partial charge in [0.2, 0.25) is 0 Å². The molecule has 0 aliphatic heterocycles. The summed E-state index contributed by atoms with van der Waals surface area (Å²) in [6.45, 7) is 0. The zero-order chi connectivity index (χ0) is 13.5. The molecule has 0 aliphatic carbocycles. The van der Waals surface area contributed by atoms with Crippen molar-refractivity contribution in [2.24, 2.45) is 0 Å². The van der Waals surface area contributed by atoms with E-state index >= 15 is 0 Å². The maximum absolute atomic E-state index is 5.96. The van der Waals surface area contributed by atoms with E-state index in [4.69, 9.17) is 23.2 Å². The summed E-state index contributed by atoms with van der Waals surface area (Å²) in [5.74, 6) is 2.25. The first-order valence-corrected chi connectivity index (χ1v) is 8.22. The summed E-state index contributed by atoms with van der Waals surface area (Å²) in [5, 5.41) is 1.64. The molecule has 0 bridgehead atoms. The summed E-state index contributed by atoms with van der Waals surface area (Å²) in [6, 6.07) is 16.2. The Labute approximate surface area is 129 Å². The number of hydrogen-bond acceptors (Lipinski definition) is 1. The van der Waals surface area contributed by atoms with Crippen molar-refractivity contribution in [3.8, 4) is 0 Å². The molecule has 0 heterocycles. The van der Waals surface area contributed by atoms with E-state index in [9.17, 15) is 0 Å². The van der Waals surface area contributed by atoms with Gasteiger partial charge < -0.3 is 0 Å². The van der Waals surface area contributed by atoms with Crippen molar-refractivity contribution < 1.29 is 0 Å². The Bertz CT molecular complexity index is 478. The molecular formula is C16H16Cl2S. The summed E-state index contributed by atoms with van der Waals surface area (Å²) >= 11 is 13.9. The molecule has 3 heteroatoms. The molecule has 2 rings (SSSR count). The molecule has 2 aromatic rings. The lowest BCUT2D eigenvalue weighted by molar-refractivity contribution is 1.13. The zero-order valence-electron chi connectivity index (χ0n) is 10.6. The van der Waals surface area contributed by atoms with E-state index in [0.29, 0.717) is 0 Å². The molecule has 0 saturated heterocycles. The molecule has 100 valence electrons. The lowest BCUT2D eigenvalue weighted by Crippen LogP contribution is -1.93. The predicted molar refractivity (Wildman–Crippen MR) is 87.6 cm³/mol. The van der Waals surface area contributed by atoms with Crippen LogP contribution in [0.3, 0.4) is 0 Å². The van der Waals surface area contributed by atoms with Crippen molar-refractivity contribution in [1.82, 2.24) is 0 Å². The molecule has 0 radical (unpaired) electrons. The van der Waals surface area contributed by atoms with Gasteiger partial charge in [0.1, 0.15) is 0 Å². The summed E-state index contributed by atoms with van der Waals surface area (Å²) in [7, 11) is 0. The van der Waals surface area contributed by atoms with E-state index in [1.165, 1.54) is 11.1 Å². The van der Waals surface area contributed by atoms with E-state index in [2.05, 4.69) is 12.1 Å². The fraction of sp³-hybridized carbons (Fsp3) is 0.250. The van der Waals surface area contributed by atoms with Crippen LogP contribution in [0.5, 0.6) is 0 Å². The Morgan fingerprint density at radius 2 is 1.21 bits per heavy atom. The minimum Gasteiger partial charge on any atom is -0.161 e. The number of benzene rings is 2. The average Bonchev–Trinajstić information content (AvgIpc) is 2.38. The van der Waals surface area contributed by atoms with E-state index in [1.54, 1.807) is 0 Å². The number of halogens is 2. The lowest BCUT2D eigenvalue weighted by atomic mass is 10.2. The molecular weight excluding hydrogens is 295 g/mol. The van der Waals surface area contributed by atoms with Crippen LogP contribution in [0.2, 0.25) is 10.0 Å². The average molecular weight is 311 g/mol. The topological polar surface area (TPSA) is 0 Å². The van der Waals surface area contributed by atoms with Gasteiger partial charge in [-0.15, -0.1) is 0 Å². The maximum atomic E-state index is 5.96. The van der Waals surface area contributed by atoms with Gasteiger partial charge in [0.25, 0.3) is 0 Å². The summed E-state index contributed by atoms with van der Waals surface area (Å²) in [4.78, 5) is 0. The molecule has 0 unspecified atom stereocenters. The van der Waals surface area contributed by atoms with Crippen LogP contribution in [0.1, 0.15) is 11.1 Å². The number of hydrogen-bond donors (Lipinski definition) is 0. The van der Waals surface area contributed by atoms with Gasteiger partial charge in [-0.2, -0.15) is 11.8 Å². The normalized spacial score (nSPS) is 10.6. The number of thioether (sulfide) groups is 1. The van der Waals surface area contributed by atoms with Crippen LogP contribution in [-0.4, -0.2) is 11.5 Å². The first-order chi connectivity index (χ1) is 9.24. The minimum atomic E-state index is 0.821. The fourth-order valence-corrected chi connectivity index (χ4v) is 3.26. The van der Waals surface area contributed by atoms with Crippen LogP contribution >= 0.6 is 35.0 Å². The van der Waals surface area contributed by atoms with Gasteiger partial charge in [0, 0.05) is 10.0 Å². The van der Waals surface area contributed by atoms with Gasteiger partial charge in [0.05, 0.1) is 0 Å². The molecule has 19 heavy (non-hydrogen) atoms. The highest BCUT2D eigenvalue weighted by Gasteiger charge is 1.97. The molecule has 0 nitrogen and oxygen atoms in total. The molecule has 2 aromatic carbocycles. The molecule has 0 aliphatic rings. The van der Waals surface area contributed by atoms with Gasteiger partial charge in [-0.3, -0.25) is 0 Å². The minimum absolute atomic E-state index is 0.821.